The van der Waals surface area contributed by atoms with E-state index < -0.39 is 48.2 Å². The third-order valence-corrected chi connectivity index (χ3v) is 7.26. The van der Waals surface area contributed by atoms with Crippen molar-refractivity contribution in [1.29, 1.82) is 0 Å². The Hall–Kier alpha value is -3.54. The summed E-state index contributed by atoms with van der Waals surface area (Å²) < 4.78 is 53.7. The minimum absolute atomic E-state index is 0.0452. The van der Waals surface area contributed by atoms with Gasteiger partial charge >= 0.3 is 6.18 Å². The molecule has 0 saturated heterocycles. The Kier molecular flexibility index (Phi) is 6.15. The maximum Gasteiger partial charge on any atom is 0.389 e. The molecule has 1 aliphatic rings. The van der Waals surface area contributed by atoms with Crippen molar-refractivity contribution in [2.24, 2.45) is 5.92 Å². The van der Waals surface area contributed by atoms with E-state index in [2.05, 4.69) is 0 Å². The third kappa shape index (κ3) is 4.29. The summed E-state index contributed by atoms with van der Waals surface area (Å²) in [6.07, 6.45) is -5.78. The van der Waals surface area contributed by atoms with Gasteiger partial charge in [0.25, 0.3) is 0 Å². The van der Waals surface area contributed by atoms with Gasteiger partial charge in [0, 0.05) is 17.9 Å². The second kappa shape index (κ2) is 9.16. The normalized spacial score (nSPS) is 18.1. The van der Waals surface area contributed by atoms with Crippen LogP contribution in [0.25, 0.3) is 21.5 Å². The number of hydrogen-bond acceptors (Lipinski definition) is 2. The van der Waals surface area contributed by atoms with Gasteiger partial charge in [0.15, 0.2) is 11.6 Å². The van der Waals surface area contributed by atoms with Crippen molar-refractivity contribution in [2.75, 3.05) is 0 Å². The number of rotatable bonds is 5. The number of fused-ring (bicyclic) bond motifs is 5. The smallest absolute Gasteiger partial charge is 0.298 e. The van der Waals surface area contributed by atoms with E-state index in [1.54, 1.807) is 24.3 Å². The second-order valence-electron chi connectivity index (χ2n) is 9.52. The minimum Gasteiger partial charge on any atom is -0.298 e. The molecule has 184 valence electrons. The Balaban J connectivity index is 1.65. The highest BCUT2D eigenvalue weighted by Crippen LogP contribution is 2.43. The minimum atomic E-state index is -4.42. The summed E-state index contributed by atoms with van der Waals surface area (Å²) in [5.74, 6) is -3.49. The molecular weight excluding hydrogens is 468 g/mol. The number of halogens is 4. The molecule has 4 aromatic rings. The lowest BCUT2D eigenvalue weighted by atomic mass is 9.70. The van der Waals surface area contributed by atoms with Gasteiger partial charge in [-0.25, -0.2) is 4.39 Å². The molecule has 0 saturated carbocycles. The lowest BCUT2D eigenvalue weighted by Crippen LogP contribution is -2.36. The summed E-state index contributed by atoms with van der Waals surface area (Å²) >= 11 is 0. The zero-order valence-electron chi connectivity index (χ0n) is 19.7. The summed E-state index contributed by atoms with van der Waals surface area (Å²) in [7, 11) is 0. The van der Waals surface area contributed by atoms with Crippen molar-refractivity contribution in [2.45, 2.75) is 44.7 Å². The molecule has 0 bridgehead atoms. The van der Waals surface area contributed by atoms with Crippen molar-refractivity contribution >= 4 is 33.1 Å². The van der Waals surface area contributed by atoms with Crippen LogP contribution in [0.15, 0.2) is 66.7 Å². The molecule has 0 spiro atoms. The first-order valence-electron chi connectivity index (χ1n) is 12.0. The molecule has 36 heavy (non-hydrogen) atoms. The average molecular weight is 493 g/mol. The highest BCUT2D eigenvalue weighted by Gasteiger charge is 2.43. The number of aryl methyl sites for hydroxylation is 2. The zero-order valence-corrected chi connectivity index (χ0v) is 19.7. The Bertz CT molecular complexity index is 1500. The fourth-order valence-corrected chi connectivity index (χ4v) is 5.56. The maximum absolute atomic E-state index is 14.2. The number of benzene rings is 4. The average Bonchev–Trinajstić information content (AvgIpc) is 2.83. The summed E-state index contributed by atoms with van der Waals surface area (Å²) in [6.45, 7) is 1.87. The molecule has 0 radical (unpaired) electrons. The van der Waals surface area contributed by atoms with Crippen LogP contribution in [0, 0.1) is 18.7 Å². The van der Waals surface area contributed by atoms with Crippen molar-refractivity contribution in [3.63, 3.8) is 0 Å². The summed E-state index contributed by atoms with van der Waals surface area (Å²) in [5, 5.41) is 3.43. The Morgan fingerprint density at radius 1 is 0.833 bits per heavy atom. The Morgan fingerprint density at radius 2 is 1.56 bits per heavy atom. The van der Waals surface area contributed by atoms with Gasteiger partial charge in [0.1, 0.15) is 5.82 Å². The zero-order chi connectivity index (χ0) is 25.6. The molecule has 2 nitrogen and oxygen atoms in total. The van der Waals surface area contributed by atoms with E-state index in [4.69, 9.17) is 0 Å². The summed E-state index contributed by atoms with van der Waals surface area (Å²) in [5.41, 5.74) is 1.89. The first-order chi connectivity index (χ1) is 17.2. The van der Waals surface area contributed by atoms with Crippen LogP contribution >= 0.6 is 0 Å². The summed E-state index contributed by atoms with van der Waals surface area (Å²) in [4.78, 5) is 27.3. The highest BCUT2D eigenvalue weighted by atomic mass is 19.4. The predicted molar refractivity (Wildman–Crippen MR) is 132 cm³/mol. The maximum atomic E-state index is 14.2. The van der Waals surface area contributed by atoms with Gasteiger partial charge in [-0.1, -0.05) is 60.7 Å². The van der Waals surface area contributed by atoms with Gasteiger partial charge in [-0.3, -0.25) is 9.59 Å². The number of Topliss-reactive ketones (excluding diaryl/α,β-unsaturated/α-hetero) is 2. The van der Waals surface area contributed by atoms with E-state index in [0.29, 0.717) is 22.1 Å². The van der Waals surface area contributed by atoms with E-state index in [1.807, 2.05) is 43.3 Å². The van der Waals surface area contributed by atoms with E-state index in [1.165, 1.54) is 6.07 Å². The van der Waals surface area contributed by atoms with Gasteiger partial charge in [-0.2, -0.15) is 13.2 Å². The van der Waals surface area contributed by atoms with Crippen LogP contribution in [0.2, 0.25) is 0 Å². The van der Waals surface area contributed by atoms with Gasteiger partial charge < -0.3 is 0 Å². The summed E-state index contributed by atoms with van der Waals surface area (Å²) in [6, 6.07) is 19.3. The van der Waals surface area contributed by atoms with Crippen LogP contribution in [-0.4, -0.2) is 17.7 Å². The molecule has 0 fully saturated rings. The van der Waals surface area contributed by atoms with Crippen LogP contribution in [0.4, 0.5) is 17.6 Å². The first-order valence-corrected chi connectivity index (χ1v) is 12.0. The standard InChI is InChI=1S/C30H24F4O2/c1-17-16-19-7-2-4-8-20(19)21-12-13-22-23(14-15-30(32,33)34)28(35)24(29(36)27(22)26(17)21)11-10-18-6-3-5-9-25(18)31/h2-9,12-13,16,23-24H,10-11,14-15H2,1H3. The molecule has 0 aliphatic heterocycles. The van der Waals surface area contributed by atoms with E-state index in [9.17, 15) is 27.2 Å². The predicted octanol–water partition coefficient (Wildman–Crippen LogP) is 7.88. The molecular formula is C30H24F4O2. The van der Waals surface area contributed by atoms with Gasteiger partial charge in [-0.15, -0.1) is 0 Å². The molecule has 2 atom stereocenters. The third-order valence-electron chi connectivity index (χ3n) is 7.26. The van der Waals surface area contributed by atoms with Crippen molar-refractivity contribution in [1.82, 2.24) is 0 Å². The molecule has 4 aromatic carbocycles. The fourth-order valence-electron chi connectivity index (χ4n) is 5.56. The number of carbonyl (C=O) groups excluding carboxylic acids is 2. The molecule has 0 N–H and O–H groups in total. The Morgan fingerprint density at radius 3 is 2.31 bits per heavy atom. The first kappa shape index (κ1) is 24.2. The van der Waals surface area contributed by atoms with Crippen molar-refractivity contribution in [3.05, 3.63) is 94.8 Å². The molecule has 0 heterocycles. The van der Waals surface area contributed by atoms with Crippen molar-refractivity contribution < 1.29 is 27.2 Å². The molecule has 5 rings (SSSR count). The fraction of sp³-hybridized carbons (Fsp3) is 0.267. The molecule has 0 aromatic heterocycles. The van der Waals surface area contributed by atoms with Crippen LogP contribution < -0.4 is 0 Å². The van der Waals surface area contributed by atoms with Gasteiger partial charge in [-0.05, 0) is 70.5 Å². The SMILES string of the molecule is Cc1cc2ccccc2c2ccc3c(c12)C(=O)C(CCc1ccccc1F)C(=O)C3CCC(F)(F)F. The van der Waals surface area contributed by atoms with E-state index in [-0.39, 0.29) is 12.8 Å². The van der Waals surface area contributed by atoms with Crippen molar-refractivity contribution in [3.8, 4) is 0 Å². The number of ketones is 2. The Labute approximate surface area is 205 Å². The topological polar surface area (TPSA) is 34.1 Å². The second-order valence-corrected chi connectivity index (χ2v) is 9.52. The van der Waals surface area contributed by atoms with Crippen LogP contribution in [-0.2, 0) is 11.2 Å². The quantitative estimate of drug-likeness (QED) is 0.161. The lowest BCUT2D eigenvalue weighted by Gasteiger charge is -2.31. The number of alkyl halides is 3. The molecule has 6 heteroatoms. The van der Waals surface area contributed by atoms with Crippen LogP contribution in [0.5, 0.6) is 0 Å². The largest absolute Gasteiger partial charge is 0.389 e. The van der Waals surface area contributed by atoms with Gasteiger partial charge in [0.05, 0.1) is 5.92 Å². The monoisotopic (exact) mass is 492 g/mol. The molecule has 1 aliphatic carbocycles. The number of hydrogen-bond donors (Lipinski definition) is 0. The van der Waals surface area contributed by atoms with Crippen LogP contribution in [0.3, 0.4) is 0 Å². The van der Waals surface area contributed by atoms with E-state index in [0.717, 1.165) is 21.7 Å². The highest BCUT2D eigenvalue weighted by molar-refractivity contribution is 6.25. The lowest BCUT2D eigenvalue weighted by molar-refractivity contribution is -0.139. The van der Waals surface area contributed by atoms with Crippen LogP contribution in [0.1, 0.15) is 52.2 Å². The number of carbonyl (C=O) groups is 2. The van der Waals surface area contributed by atoms with Gasteiger partial charge in [0.2, 0.25) is 0 Å². The molecule has 2 unspecified atom stereocenters. The molecule has 0 amide bonds. The van der Waals surface area contributed by atoms with E-state index >= 15 is 0 Å².